The van der Waals surface area contributed by atoms with Crippen molar-refractivity contribution in [3.63, 3.8) is 0 Å². The molecule has 0 unspecified atom stereocenters. The van der Waals surface area contributed by atoms with Gasteiger partial charge in [-0.2, -0.15) is 4.37 Å². The second kappa shape index (κ2) is 7.82. The Labute approximate surface area is 139 Å². The Hall–Kier alpha value is -2.28. The number of aromatic nitrogens is 2. The highest BCUT2D eigenvalue weighted by Crippen LogP contribution is 2.32. The van der Waals surface area contributed by atoms with Crippen LogP contribution in [0.1, 0.15) is 36.9 Å². The molecule has 23 heavy (non-hydrogen) atoms. The van der Waals surface area contributed by atoms with Crippen LogP contribution in [0.3, 0.4) is 0 Å². The van der Waals surface area contributed by atoms with E-state index in [2.05, 4.69) is 33.8 Å². The quantitative estimate of drug-likeness (QED) is 0.852. The Morgan fingerprint density at radius 3 is 2.70 bits per heavy atom. The molecule has 0 aromatic carbocycles. The van der Waals surface area contributed by atoms with E-state index in [4.69, 9.17) is 0 Å². The van der Waals surface area contributed by atoms with Gasteiger partial charge in [-0.1, -0.05) is 19.9 Å². The molecule has 0 spiro atoms. The van der Waals surface area contributed by atoms with E-state index in [0.717, 1.165) is 18.0 Å². The zero-order chi connectivity index (χ0) is 16.8. The van der Waals surface area contributed by atoms with Crippen LogP contribution in [0.15, 0.2) is 24.4 Å². The maximum Gasteiger partial charge on any atom is 0.265 e. The van der Waals surface area contributed by atoms with Gasteiger partial charge in [0.05, 0.1) is 11.4 Å². The Bertz CT molecular complexity index is 683. The lowest BCUT2D eigenvalue weighted by Gasteiger charge is -2.08. The van der Waals surface area contributed by atoms with Crippen molar-refractivity contribution in [2.24, 2.45) is 5.92 Å². The van der Waals surface area contributed by atoms with Crippen molar-refractivity contribution in [2.45, 2.75) is 27.2 Å². The summed E-state index contributed by atoms with van der Waals surface area (Å²) in [4.78, 5) is 28.5. The van der Waals surface area contributed by atoms with Crippen molar-refractivity contribution >= 4 is 29.0 Å². The Kier molecular flexibility index (Phi) is 5.81. The fraction of sp³-hybridized carbons (Fsp3) is 0.375. The maximum atomic E-state index is 12.4. The predicted octanol–water partition coefficient (Wildman–Crippen LogP) is 2.94. The highest BCUT2D eigenvalue weighted by atomic mass is 32.1. The lowest BCUT2D eigenvalue weighted by molar-refractivity contribution is -0.114. The fourth-order valence-electron chi connectivity index (χ4n) is 1.97. The van der Waals surface area contributed by atoms with Gasteiger partial charge >= 0.3 is 0 Å². The third-order valence-corrected chi connectivity index (χ3v) is 3.96. The number of hydrogen-bond donors (Lipinski definition) is 2. The number of rotatable bonds is 6. The van der Waals surface area contributed by atoms with Crippen molar-refractivity contribution in [3.8, 4) is 11.4 Å². The van der Waals surface area contributed by atoms with Crippen LogP contribution < -0.4 is 10.6 Å². The van der Waals surface area contributed by atoms with Crippen LogP contribution in [-0.4, -0.2) is 27.7 Å². The van der Waals surface area contributed by atoms with Gasteiger partial charge in [0.25, 0.3) is 5.91 Å². The minimum absolute atomic E-state index is 0.228. The first-order chi connectivity index (χ1) is 11.0. The Morgan fingerprint density at radius 1 is 1.30 bits per heavy atom. The number of anilines is 1. The Morgan fingerprint density at radius 2 is 2.09 bits per heavy atom. The molecule has 0 saturated heterocycles. The standard InChI is InChI=1S/C16H20N4O2S/c1-10(2)7-9-18-16(22)15-14(19-11(3)21)13(20-23-15)12-6-4-5-8-17-12/h4-6,8,10H,7,9H2,1-3H3,(H,18,22)(H,19,21). The average molecular weight is 332 g/mol. The number of pyridine rings is 1. The monoisotopic (exact) mass is 332 g/mol. The summed E-state index contributed by atoms with van der Waals surface area (Å²) >= 11 is 1.06. The van der Waals surface area contributed by atoms with E-state index < -0.39 is 0 Å². The summed E-state index contributed by atoms with van der Waals surface area (Å²) in [5.41, 5.74) is 1.55. The van der Waals surface area contributed by atoms with Crippen LogP contribution in [0.4, 0.5) is 5.69 Å². The molecule has 2 heterocycles. The lowest BCUT2D eigenvalue weighted by atomic mass is 10.1. The van der Waals surface area contributed by atoms with Crippen molar-refractivity contribution in [3.05, 3.63) is 29.3 Å². The van der Waals surface area contributed by atoms with Crippen LogP contribution in [0.5, 0.6) is 0 Å². The number of carbonyl (C=O) groups is 2. The summed E-state index contributed by atoms with van der Waals surface area (Å²) in [6.45, 7) is 6.19. The Balaban J connectivity index is 2.27. The van der Waals surface area contributed by atoms with Crippen molar-refractivity contribution in [1.82, 2.24) is 14.7 Å². The van der Waals surface area contributed by atoms with Crippen molar-refractivity contribution < 1.29 is 9.59 Å². The molecule has 0 radical (unpaired) electrons. The van der Waals surface area contributed by atoms with Gasteiger partial charge in [0.15, 0.2) is 0 Å². The van der Waals surface area contributed by atoms with E-state index in [1.165, 1.54) is 6.92 Å². The second-order valence-corrected chi connectivity index (χ2v) is 6.34. The normalized spacial score (nSPS) is 10.6. The first-order valence-corrected chi connectivity index (χ1v) is 8.23. The number of amides is 2. The van der Waals surface area contributed by atoms with E-state index >= 15 is 0 Å². The van der Waals surface area contributed by atoms with E-state index in [1.807, 2.05) is 6.07 Å². The van der Waals surface area contributed by atoms with Crippen LogP contribution in [0.25, 0.3) is 11.4 Å². The second-order valence-electron chi connectivity index (χ2n) is 5.57. The number of carbonyl (C=O) groups excluding carboxylic acids is 2. The van der Waals surface area contributed by atoms with Crippen molar-refractivity contribution in [2.75, 3.05) is 11.9 Å². The summed E-state index contributed by atoms with van der Waals surface area (Å²) in [6, 6.07) is 5.43. The van der Waals surface area contributed by atoms with Crippen LogP contribution >= 0.6 is 11.5 Å². The minimum atomic E-state index is -0.251. The number of nitrogens with zero attached hydrogens (tertiary/aromatic N) is 2. The molecule has 2 rings (SSSR count). The van der Waals surface area contributed by atoms with E-state index in [0.29, 0.717) is 34.4 Å². The number of hydrogen-bond acceptors (Lipinski definition) is 5. The molecule has 2 aromatic rings. The molecule has 0 aliphatic carbocycles. The summed E-state index contributed by atoms with van der Waals surface area (Å²) < 4.78 is 4.31. The fourth-order valence-corrected chi connectivity index (χ4v) is 2.73. The zero-order valence-corrected chi connectivity index (χ0v) is 14.2. The molecular weight excluding hydrogens is 312 g/mol. The smallest absolute Gasteiger partial charge is 0.265 e. The topological polar surface area (TPSA) is 84.0 Å². The SMILES string of the molecule is CC(=O)Nc1c(-c2ccccn2)nsc1C(=O)NCCC(C)C. The van der Waals surface area contributed by atoms with Crippen LogP contribution in [-0.2, 0) is 4.79 Å². The lowest BCUT2D eigenvalue weighted by Crippen LogP contribution is -2.25. The molecule has 0 aliphatic rings. The van der Waals surface area contributed by atoms with E-state index in [9.17, 15) is 9.59 Å². The van der Waals surface area contributed by atoms with Gasteiger partial charge in [-0.3, -0.25) is 14.6 Å². The summed E-state index contributed by atoms with van der Waals surface area (Å²) in [6.07, 6.45) is 2.54. The van der Waals surface area contributed by atoms with Gasteiger partial charge in [0, 0.05) is 19.7 Å². The van der Waals surface area contributed by atoms with Gasteiger partial charge in [-0.05, 0) is 36.0 Å². The van der Waals surface area contributed by atoms with Gasteiger partial charge in [0.1, 0.15) is 10.6 Å². The minimum Gasteiger partial charge on any atom is -0.351 e. The average Bonchev–Trinajstić information content (AvgIpc) is 2.90. The predicted molar refractivity (Wildman–Crippen MR) is 91.4 cm³/mol. The highest BCUT2D eigenvalue weighted by molar-refractivity contribution is 7.09. The molecule has 0 fully saturated rings. The molecule has 2 N–H and O–H groups in total. The molecule has 7 heteroatoms. The van der Waals surface area contributed by atoms with E-state index in [-0.39, 0.29) is 11.8 Å². The first kappa shape index (κ1) is 17.1. The molecule has 0 bridgehead atoms. The van der Waals surface area contributed by atoms with Crippen LogP contribution in [0, 0.1) is 5.92 Å². The largest absolute Gasteiger partial charge is 0.351 e. The van der Waals surface area contributed by atoms with Gasteiger partial charge < -0.3 is 10.6 Å². The van der Waals surface area contributed by atoms with Gasteiger partial charge in [-0.25, -0.2) is 0 Å². The van der Waals surface area contributed by atoms with E-state index in [1.54, 1.807) is 18.3 Å². The molecule has 2 amide bonds. The summed E-state index contributed by atoms with van der Waals surface area (Å²) in [7, 11) is 0. The van der Waals surface area contributed by atoms with Gasteiger partial charge in [0.2, 0.25) is 5.91 Å². The maximum absolute atomic E-state index is 12.4. The number of nitrogens with one attached hydrogen (secondary N) is 2. The molecule has 122 valence electrons. The van der Waals surface area contributed by atoms with Crippen LogP contribution in [0.2, 0.25) is 0 Å². The molecule has 0 atom stereocenters. The molecular formula is C16H20N4O2S. The highest BCUT2D eigenvalue weighted by Gasteiger charge is 2.22. The zero-order valence-electron chi connectivity index (χ0n) is 13.4. The third-order valence-electron chi connectivity index (χ3n) is 3.11. The third kappa shape index (κ3) is 4.59. The molecule has 2 aromatic heterocycles. The molecule has 0 aliphatic heterocycles. The van der Waals surface area contributed by atoms with Gasteiger partial charge in [-0.15, -0.1) is 0 Å². The summed E-state index contributed by atoms with van der Waals surface area (Å²) in [5.74, 6) is 0.0309. The van der Waals surface area contributed by atoms with Crippen molar-refractivity contribution in [1.29, 1.82) is 0 Å². The molecule has 6 nitrogen and oxygen atoms in total. The molecule has 0 saturated carbocycles. The first-order valence-electron chi connectivity index (χ1n) is 7.46. The summed E-state index contributed by atoms with van der Waals surface area (Å²) in [5, 5.41) is 5.58.